The molecule has 0 fully saturated rings. The molecule has 3 rings (SSSR count). The number of methoxy groups -OCH3 is 1. The third kappa shape index (κ3) is 3.95. The fourth-order valence-corrected chi connectivity index (χ4v) is 4.28. The van der Waals surface area contributed by atoms with Gasteiger partial charge in [0.05, 0.1) is 24.2 Å². The highest BCUT2D eigenvalue weighted by Crippen LogP contribution is 2.45. The molecule has 0 bridgehead atoms. The predicted octanol–water partition coefficient (Wildman–Crippen LogP) is 2.77. The van der Waals surface area contributed by atoms with Crippen LogP contribution in [0.5, 0.6) is 0 Å². The number of carbonyl (C=O) groups is 3. The summed E-state index contributed by atoms with van der Waals surface area (Å²) < 4.78 is 10.1. The van der Waals surface area contributed by atoms with Crippen molar-refractivity contribution in [3.8, 4) is 0 Å². The van der Waals surface area contributed by atoms with Crippen molar-refractivity contribution in [3.05, 3.63) is 62.5 Å². The number of nitro groups is 1. The number of nitro benzene ring substituents is 1. The lowest BCUT2D eigenvalue weighted by Gasteiger charge is -2.38. The molecular weight excluding hydrogens is 404 g/mol. The molecule has 1 aromatic carbocycles. The van der Waals surface area contributed by atoms with Crippen molar-refractivity contribution in [2.75, 3.05) is 13.7 Å². The van der Waals surface area contributed by atoms with Crippen LogP contribution < -0.4 is 5.32 Å². The van der Waals surface area contributed by atoms with Crippen molar-refractivity contribution in [1.29, 1.82) is 0 Å². The lowest BCUT2D eigenvalue weighted by atomic mass is 9.69. The molecule has 164 valence electrons. The number of carbonyl (C=O) groups excluding carboxylic acids is 3. The molecule has 0 unspecified atom stereocenters. The molecule has 9 heteroatoms. The number of hydrogen-bond acceptors (Lipinski definition) is 8. The van der Waals surface area contributed by atoms with Crippen molar-refractivity contribution >= 4 is 23.4 Å². The monoisotopic (exact) mass is 428 g/mol. The van der Waals surface area contributed by atoms with Gasteiger partial charge in [0.1, 0.15) is 5.92 Å². The summed E-state index contributed by atoms with van der Waals surface area (Å²) in [6.45, 7) is 5.34. The lowest BCUT2D eigenvalue weighted by molar-refractivity contribution is -0.384. The number of Topliss-reactive ketones (excluding diaryl/α,β-unsaturated/α-hetero) is 1. The van der Waals surface area contributed by atoms with E-state index in [-0.39, 0.29) is 29.4 Å². The van der Waals surface area contributed by atoms with E-state index >= 15 is 0 Å². The number of non-ortho nitro benzene ring substituents is 1. The second-order valence-corrected chi connectivity index (χ2v) is 7.60. The second kappa shape index (κ2) is 8.71. The van der Waals surface area contributed by atoms with Crippen LogP contribution in [0.25, 0.3) is 0 Å². The van der Waals surface area contributed by atoms with Crippen LogP contribution in [0.4, 0.5) is 5.69 Å². The van der Waals surface area contributed by atoms with E-state index in [0.29, 0.717) is 23.4 Å². The van der Waals surface area contributed by atoms with Crippen LogP contribution in [0.3, 0.4) is 0 Å². The summed E-state index contributed by atoms with van der Waals surface area (Å²) in [6.07, 6.45) is 0.414. The van der Waals surface area contributed by atoms with Crippen molar-refractivity contribution in [2.45, 2.75) is 33.1 Å². The van der Waals surface area contributed by atoms with Crippen LogP contribution in [-0.2, 0) is 23.9 Å². The number of ketones is 1. The Hall–Kier alpha value is -3.49. The first kappa shape index (κ1) is 22.2. The molecule has 31 heavy (non-hydrogen) atoms. The van der Waals surface area contributed by atoms with Gasteiger partial charge in [-0.05, 0) is 31.7 Å². The van der Waals surface area contributed by atoms with E-state index in [2.05, 4.69) is 5.32 Å². The maximum absolute atomic E-state index is 13.5. The van der Waals surface area contributed by atoms with Crippen molar-refractivity contribution < 1.29 is 28.8 Å². The summed E-state index contributed by atoms with van der Waals surface area (Å²) >= 11 is 0. The van der Waals surface area contributed by atoms with Gasteiger partial charge in [0, 0.05) is 35.0 Å². The number of rotatable bonds is 5. The molecule has 1 N–H and O–H groups in total. The Labute approximate surface area is 179 Å². The number of allylic oxidation sites excluding steroid dienone is 3. The standard InChI is InChI=1S/C22H24N2O7/c1-5-31-22(27)17-12(3)23-15-10-11(2)16(21(26)30-4)20(25)19(15)18(17)13-6-8-14(9-7-13)24(28)29/h6-9,11,16,18,23H,5,10H2,1-4H3/t11-,16+,18-/m0/s1. The zero-order chi connectivity index (χ0) is 22.9. The normalized spacial score (nSPS) is 23.1. The zero-order valence-electron chi connectivity index (χ0n) is 17.8. The van der Waals surface area contributed by atoms with Gasteiger partial charge in [-0.2, -0.15) is 0 Å². The van der Waals surface area contributed by atoms with Gasteiger partial charge in [-0.25, -0.2) is 4.79 Å². The number of esters is 2. The zero-order valence-corrected chi connectivity index (χ0v) is 17.8. The van der Waals surface area contributed by atoms with E-state index in [1.165, 1.54) is 31.4 Å². The summed E-state index contributed by atoms with van der Waals surface area (Å²) in [5, 5.41) is 14.2. The summed E-state index contributed by atoms with van der Waals surface area (Å²) in [6, 6.07) is 5.68. The van der Waals surface area contributed by atoms with Gasteiger partial charge in [-0.1, -0.05) is 19.1 Å². The molecule has 3 atom stereocenters. The Morgan fingerprint density at radius 1 is 1.26 bits per heavy atom. The number of hydrogen-bond donors (Lipinski definition) is 1. The van der Waals surface area contributed by atoms with E-state index in [1.54, 1.807) is 20.8 Å². The molecule has 1 aliphatic heterocycles. The molecule has 0 saturated heterocycles. The Kier molecular flexibility index (Phi) is 6.24. The molecule has 2 aliphatic rings. The Morgan fingerprint density at radius 3 is 2.45 bits per heavy atom. The highest BCUT2D eigenvalue weighted by molar-refractivity contribution is 6.12. The van der Waals surface area contributed by atoms with Crippen molar-refractivity contribution in [1.82, 2.24) is 5.32 Å². The van der Waals surface area contributed by atoms with Crippen LogP contribution in [0.1, 0.15) is 38.7 Å². The van der Waals surface area contributed by atoms with Crippen LogP contribution in [-0.4, -0.2) is 36.4 Å². The van der Waals surface area contributed by atoms with Gasteiger partial charge in [0.2, 0.25) is 0 Å². The van der Waals surface area contributed by atoms with E-state index in [4.69, 9.17) is 9.47 Å². The Balaban J connectivity index is 2.18. The average molecular weight is 428 g/mol. The van der Waals surface area contributed by atoms with E-state index in [9.17, 15) is 24.5 Å². The largest absolute Gasteiger partial charge is 0.468 e. The number of ether oxygens (including phenoxy) is 2. The molecule has 1 heterocycles. The topological polar surface area (TPSA) is 125 Å². The lowest BCUT2D eigenvalue weighted by Crippen LogP contribution is -2.43. The van der Waals surface area contributed by atoms with E-state index in [1.807, 2.05) is 0 Å². The summed E-state index contributed by atoms with van der Waals surface area (Å²) in [4.78, 5) is 49.2. The van der Waals surface area contributed by atoms with Crippen LogP contribution in [0, 0.1) is 22.0 Å². The fraction of sp³-hybridized carbons (Fsp3) is 0.409. The Bertz CT molecular complexity index is 1010. The summed E-state index contributed by atoms with van der Waals surface area (Å²) in [5.74, 6) is -3.75. The molecule has 0 aromatic heterocycles. The molecule has 0 radical (unpaired) electrons. The molecule has 1 aromatic rings. The second-order valence-electron chi connectivity index (χ2n) is 7.60. The SMILES string of the molecule is CCOC(=O)C1=C(C)NC2=C(C(=O)[C@H](C(=O)OC)[C@@H](C)C2)[C@H]1c1ccc([N+](=O)[O-])cc1. The van der Waals surface area contributed by atoms with Crippen LogP contribution in [0.2, 0.25) is 0 Å². The van der Waals surface area contributed by atoms with Crippen molar-refractivity contribution in [3.63, 3.8) is 0 Å². The van der Waals surface area contributed by atoms with Gasteiger partial charge in [0.15, 0.2) is 5.78 Å². The molecule has 9 nitrogen and oxygen atoms in total. The van der Waals surface area contributed by atoms with Crippen LogP contribution in [0.15, 0.2) is 46.8 Å². The first-order valence-electron chi connectivity index (χ1n) is 9.95. The molecular formula is C22H24N2O7. The van der Waals surface area contributed by atoms with Gasteiger partial charge in [-0.3, -0.25) is 19.7 Å². The minimum absolute atomic E-state index is 0.110. The molecule has 1 aliphatic carbocycles. The smallest absolute Gasteiger partial charge is 0.336 e. The average Bonchev–Trinajstić information content (AvgIpc) is 2.72. The molecule has 0 spiro atoms. The number of dihydropyridines is 1. The number of nitrogens with one attached hydrogen (secondary N) is 1. The number of nitrogens with zero attached hydrogens (tertiary/aromatic N) is 1. The quantitative estimate of drug-likeness (QED) is 0.328. The van der Waals surface area contributed by atoms with Gasteiger partial charge in [-0.15, -0.1) is 0 Å². The van der Waals surface area contributed by atoms with Crippen molar-refractivity contribution in [2.24, 2.45) is 11.8 Å². The predicted molar refractivity (Wildman–Crippen MR) is 110 cm³/mol. The number of benzene rings is 1. The first-order valence-corrected chi connectivity index (χ1v) is 9.95. The van der Waals surface area contributed by atoms with Gasteiger partial charge < -0.3 is 14.8 Å². The van der Waals surface area contributed by atoms with E-state index < -0.39 is 34.5 Å². The minimum atomic E-state index is -0.993. The van der Waals surface area contributed by atoms with Crippen LogP contribution >= 0.6 is 0 Å². The van der Waals surface area contributed by atoms with Gasteiger partial charge in [0.25, 0.3) is 5.69 Å². The summed E-state index contributed by atoms with van der Waals surface area (Å²) in [7, 11) is 1.23. The highest BCUT2D eigenvalue weighted by Gasteiger charge is 2.47. The summed E-state index contributed by atoms with van der Waals surface area (Å²) in [5.41, 5.74) is 2.11. The van der Waals surface area contributed by atoms with E-state index in [0.717, 1.165) is 0 Å². The molecule has 0 amide bonds. The maximum Gasteiger partial charge on any atom is 0.336 e. The van der Waals surface area contributed by atoms with Gasteiger partial charge >= 0.3 is 11.9 Å². The maximum atomic E-state index is 13.5. The fourth-order valence-electron chi connectivity index (χ4n) is 4.28. The highest BCUT2D eigenvalue weighted by atomic mass is 16.6. The third-order valence-electron chi connectivity index (χ3n) is 5.68. The Morgan fingerprint density at radius 2 is 1.90 bits per heavy atom. The minimum Gasteiger partial charge on any atom is -0.468 e. The first-order chi connectivity index (χ1) is 14.7. The molecule has 0 saturated carbocycles. The third-order valence-corrected chi connectivity index (χ3v) is 5.68.